The second-order valence-corrected chi connectivity index (χ2v) is 7.70. The molecule has 6 heteroatoms. The van der Waals surface area contributed by atoms with E-state index in [1.165, 1.54) is 37.5 Å². The van der Waals surface area contributed by atoms with Crippen molar-refractivity contribution in [3.05, 3.63) is 0 Å². The van der Waals surface area contributed by atoms with E-state index in [0.29, 0.717) is 6.54 Å². The Morgan fingerprint density at radius 1 is 1.14 bits per heavy atom. The highest BCUT2D eigenvalue weighted by Crippen LogP contribution is 2.30. The number of carbonyl (C=O) groups excluding carboxylic acids is 2. The smallest absolute Gasteiger partial charge is 0.324 e. The van der Waals surface area contributed by atoms with Gasteiger partial charge in [0, 0.05) is 26.2 Å². The zero-order chi connectivity index (χ0) is 15.9. The minimum Gasteiger partial charge on any atom is -0.324 e. The van der Waals surface area contributed by atoms with Crippen LogP contribution in [-0.4, -0.2) is 78.5 Å². The Kier molecular flexibility index (Phi) is 4.16. The standard InChI is InChI=1S/C16H28N4O2/c1-16(2)14(21)20(15(22)17-16)7-4-6-19-10-12-5-8-18(3)9-13(12)11-19/h12-13H,4-11H2,1-3H3,(H,17,22)/t12-,13+/m1/s1. The Balaban J connectivity index is 1.45. The van der Waals surface area contributed by atoms with Gasteiger partial charge in [-0.15, -0.1) is 0 Å². The fraction of sp³-hybridized carbons (Fsp3) is 0.875. The van der Waals surface area contributed by atoms with Crippen LogP contribution in [0.3, 0.4) is 0 Å². The molecule has 3 rings (SSSR count). The Morgan fingerprint density at radius 2 is 1.86 bits per heavy atom. The first-order valence-corrected chi connectivity index (χ1v) is 8.42. The van der Waals surface area contributed by atoms with E-state index in [4.69, 9.17) is 0 Å². The van der Waals surface area contributed by atoms with E-state index >= 15 is 0 Å². The quantitative estimate of drug-likeness (QED) is 0.773. The molecule has 0 spiro atoms. The average Bonchev–Trinajstić information content (AvgIpc) is 2.91. The molecule has 3 fully saturated rings. The Bertz CT molecular complexity index is 465. The minimum atomic E-state index is -0.746. The molecular formula is C16H28N4O2. The van der Waals surface area contributed by atoms with Crippen LogP contribution in [0.5, 0.6) is 0 Å². The molecule has 3 aliphatic heterocycles. The fourth-order valence-corrected chi connectivity index (χ4v) is 4.10. The van der Waals surface area contributed by atoms with Gasteiger partial charge in [0.15, 0.2) is 0 Å². The molecule has 0 unspecified atom stereocenters. The fourth-order valence-electron chi connectivity index (χ4n) is 4.10. The molecule has 124 valence electrons. The lowest BCUT2D eigenvalue weighted by molar-refractivity contribution is -0.130. The van der Waals surface area contributed by atoms with Crippen molar-refractivity contribution in [2.24, 2.45) is 11.8 Å². The van der Waals surface area contributed by atoms with Crippen molar-refractivity contribution in [3.8, 4) is 0 Å². The second kappa shape index (κ2) is 5.81. The topological polar surface area (TPSA) is 55.9 Å². The first-order chi connectivity index (χ1) is 10.4. The van der Waals surface area contributed by atoms with E-state index in [-0.39, 0.29) is 11.9 Å². The summed E-state index contributed by atoms with van der Waals surface area (Å²) in [6.07, 6.45) is 2.17. The number of nitrogens with one attached hydrogen (secondary N) is 1. The normalized spacial score (nSPS) is 32.4. The van der Waals surface area contributed by atoms with Crippen molar-refractivity contribution in [2.45, 2.75) is 32.2 Å². The van der Waals surface area contributed by atoms with E-state index in [1.807, 2.05) is 0 Å². The summed E-state index contributed by atoms with van der Waals surface area (Å²) in [5, 5.41) is 2.74. The monoisotopic (exact) mass is 308 g/mol. The van der Waals surface area contributed by atoms with Gasteiger partial charge in [-0.25, -0.2) is 4.79 Å². The van der Waals surface area contributed by atoms with Gasteiger partial charge in [0.2, 0.25) is 0 Å². The highest BCUT2D eigenvalue weighted by Gasteiger charge is 2.44. The SMILES string of the molecule is CN1CC[C@@H]2CN(CCCN3C(=O)NC(C)(C)C3=O)C[C@@H]2C1. The van der Waals surface area contributed by atoms with Crippen LogP contribution in [-0.2, 0) is 4.79 Å². The van der Waals surface area contributed by atoms with Crippen molar-refractivity contribution in [3.63, 3.8) is 0 Å². The lowest BCUT2D eigenvalue weighted by Crippen LogP contribution is -2.40. The van der Waals surface area contributed by atoms with Crippen LogP contribution in [0.25, 0.3) is 0 Å². The van der Waals surface area contributed by atoms with E-state index < -0.39 is 5.54 Å². The van der Waals surface area contributed by atoms with E-state index in [2.05, 4.69) is 22.2 Å². The summed E-state index contributed by atoms with van der Waals surface area (Å²) in [5.41, 5.74) is -0.746. The molecule has 0 bridgehead atoms. The molecule has 3 amide bonds. The number of carbonyl (C=O) groups is 2. The van der Waals surface area contributed by atoms with E-state index in [1.54, 1.807) is 13.8 Å². The lowest BCUT2D eigenvalue weighted by atomic mass is 9.89. The van der Waals surface area contributed by atoms with E-state index in [9.17, 15) is 9.59 Å². The number of rotatable bonds is 4. The molecule has 0 radical (unpaired) electrons. The average molecular weight is 308 g/mol. The number of fused-ring (bicyclic) bond motifs is 1. The second-order valence-electron chi connectivity index (χ2n) is 7.70. The number of urea groups is 1. The first-order valence-electron chi connectivity index (χ1n) is 8.42. The van der Waals surface area contributed by atoms with Gasteiger partial charge in [-0.1, -0.05) is 0 Å². The largest absolute Gasteiger partial charge is 0.325 e. The third-order valence-electron chi connectivity index (χ3n) is 5.38. The third kappa shape index (κ3) is 2.99. The highest BCUT2D eigenvalue weighted by atomic mass is 16.2. The predicted octanol–water partition coefficient (Wildman–Crippen LogP) is 0.590. The van der Waals surface area contributed by atoms with Crippen LogP contribution in [0.4, 0.5) is 4.79 Å². The van der Waals surface area contributed by atoms with Crippen LogP contribution in [0.1, 0.15) is 26.7 Å². The van der Waals surface area contributed by atoms with Gasteiger partial charge in [0.1, 0.15) is 5.54 Å². The van der Waals surface area contributed by atoms with Gasteiger partial charge < -0.3 is 15.1 Å². The number of likely N-dealkylation sites (tertiary alicyclic amines) is 2. The summed E-state index contributed by atoms with van der Waals surface area (Å²) >= 11 is 0. The van der Waals surface area contributed by atoms with Crippen molar-refractivity contribution in [2.75, 3.05) is 46.3 Å². The third-order valence-corrected chi connectivity index (χ3v) is 5.38. The summed E-state index contributed by atoms with van der Waals surface area (Å²) in [4.78, 5) is 30.3. The minimum absolute atomic E-state index is 0.103. The number of nitrogens with zero attached hydrogens (tertiary/aromatic N) is 3. The zero-order valence-electron chi connectivity index (χ0n) is 14.0. The van der Waals surface area contributed by atoms with Gasteiger partial charge in [0.25, 0.3) is 5.91 Å². The van der Waals surface area contributed by atoms with Crippen LogP contribution >= 0.6 is 0 Å². The molecule has 0 aromatic carbocycles. The number of amides is 3. The number of piperidine rings is 1. The van der Waals surface area contributed by atoms with Crippen molar-refractivity contribution < 1.29 is 9.59 Å². The number of imide groups is 1. The maximum Gasteiger partial charge on any atom is 0.325 e. The van der Waals surface area contributed by atoms with E-state index in [0.717, 1.165) is 24.8 Å². The first kappa shape index (κ1) is 15.7. The molecule has 1 N–H and O–H groups in total. The molecule has 0 aliphatic carbocycles. The number of hydrogen-bond donors (Lipinski definition) is 1. The zero-order valence-corrected chi connectivity index (χ0v) is 14.0. The van der Waals surface area contributed by atoms with Gasteiger partial charge in [-0.05, 0) is 58.7 Å². The summed E-state index contributed by atoms with van der Waals surface area (Å²) in [5.74, 6) is 1.54. The van der Waals surface area contributed by atoms with Crippen LogP contribution in [0, 0.1) is 11.8 Å². The molecule has 3 heterocycles. The molecular weight excluding hydrogens is 280 g/mol. The summed E-state index contributed by atoms with van der Waals surface area (Å²) in [6.45, 7) is 9.80. The van der Waals surface area contributed by atoms with Gasteiger partial charge in [0.05, 0.1) is 0 Å². The highest BCUT2D eigenvalue weighted by molar-refractivity contribution is 6.06. The lowest BCUT2D eigenvalue weighted by Gasteiger charge is -2.31. The number of hydrogen-bond acceptors (Lipinski definition) is 4. The van der Waals surface area contributed by atoms with Crippen LogP contribution in [0.15, 0.2) is 0 Å². The Hall–Kier alpha value is -1.14. The molecule has 3 aliphatic rings. The molecule has 22 heavy (non-hydrogen) atoms. The summed E-state index contributed by atoms with van der Waals surface area (Å²) < 4.78 is 0. The molecule has 0 aromatic rings. The van der Waals surface area contributed by atoms with Crippen LogP contribution < -0.4 is 5.32 Å². The van der Waals surface area contributed by atoms with Crippen molar-refractivity contribution in [1.29, 1.82) is 0 Å². The van der Waals surface area contributed by atoms with Crippen molar-refractivity contribution in [1.82, 2.24) is 20.0 Å². The summed E-state index contributed by atoms with van der Waals surface area (Å²) in [7, 11) is 2.21. The van der Waals surface area contributed by atoms with Gasteiger partial charge in [-0.2, -0.15) is 0 Å². The van der Waals surface area contributed by atoms with Gasteiger partial charge >= 0.3 is 6.03 Å². The van der Waals surface area contributed by atoms with Gasteiger partial charge in [-0.3, -0.25) is 9.69 Å². The predicted molar refractivity (Wildman–Crippen MR) is 84.5 cm³/mol. The molecule has 6 nitrogen and oxygen atoms in total. The molecule has 0 aromatic heterocycles. The molecule has 2 atom stereocenters. The molecule has 0 saturated carbocycles. The Morgan fingerprint density at radius 3 is 2.55 bits per heavy atom. The van der Waals surface area contributed by atoms with Crippen LogP contribution in [0.2, 0.25) is 0 Å². The molecule has 3 saturated heterocycles. The Labute approximate surface area is 132 Å². The van der Waals surface area contributed by atoms with Crippen molar-refractivity contribution >= 4 is 11.9 Å². The maximum absolute atomic E-state index is 12.1. The summed E-state index contributed by atoms with van der Waals surface area (Å²) in [6, 6.07) is -0.244. The maximum atomic E-state index is 12.1.